The van der Waals surface area contributed by atoms with Crippen molar-refractivity contribution >= 4 is 34.3 Å². The molecule has 0 radical (unpaired) electrons. The number of nitrogens with zero attached hydrogens (tertiary/aromatic N) is 3. The summed E-state index contributed by atoms with van der Waals surface area (Å²) >= 11 is 0. The van der Waals surface area contributed by atoms with E-state index in [2.05, 4.69) is 15.0 Å². The molecule has 4 aromatic rings. The third kappa shape index (κ3) is 4.88. The first-order chi connectivity index (χ1) is 16.1. The highest BCUT2D eigenvalue weighted by molar-refractivity contribution is 6.18. The number of amides is 1. The topological polar surface area (TPSA) is 116 Å². The van der Waals surface area contributed by atoms with Gasteiger partial charge in [-0.05, 0) is 59.7 Å². The number of aromatic nitrogens is 2. The molecule has 0 saturated heterocycles. The van der Waals surface area contributed by atoms with Gasteiger partial charge in [0.2, 0.25) is 0 Å². The quantitative estimate of drug-likeness (QED) is 0.426. The summed E-state index contributed by atoms with van der Waals surface area (Å²) in [7, 11) is 1.70. The van der Waals surface area contributed by atoms with Crippen molar-refractivity contribution in [2.75, 3.05) is 7.05 Å². The highest BCUT2D eigenvalue weighted by Gasteiger charge is 2.13. The fourth-order valence-electron chi connectivity index (χ4n) is 3.48. The lowest BCUT2D eigenvalue weighted by molar-refractivity contribution is 0.0997. The van der Waals surface area contributed by atoms with Gasteiger partial charge in [0.1, 0.15) is 12.4 Å². The first-order valence-electron chi connectivity index (χ1n) is 10.3. The fourth-order valence-corrected chi connectivity index (χ4v) is 3.48. The standard InChI is InChI=1S/C26H23N5O2/c1-29-15-22(17-10-12-30-13-11-17)25(27)18-6-8-20(9-7-18)33-16-24-21(26(28)32)14-19-4-2-3-5-23(19)31-24/h2-15H,16,27H2,1H3,(H2,28,32)/b25-22+,29-15?. The van der Waals surface area contributed by atoms with Gasteiger partial charge in [-0.1, -0.05) is 18.2 Å². The summed E-state index contributed by atoms with van der Waals surface area (Å²) in [6.45, 7) is 0.110. The summed E-state index contributed by atoms with van der Waals surface area (Å²) in [6, 6.07) is 20.4. The number of carbonyl (C=O) groups excluding carboxylic acids is 1. The molecule has 0 atom stereocenters. The molecule has 7 nitrogen and oxygen atoms in total. The average molecular weight is 438 g/mol. The smallest absolute Gasteiger partial charge is 0.250 e. The Morgan fingerprint density at radius 2 is 1.73 bits per heavy atom. The maximum atomic E-state index is 11.9. The van der Waals surface area contributed by atoms with Crippen LogP contribution in [0.3, 0.4) is 0 Å². The lowest BCUT2D eigenvalue weighted by Crippen LogP contribution is -2.16. The van der Waals surface area contributed by atoms with Gasteiger partial charge in [0.05, 0.1) is 16.8 Å². The summed E-state index contributed by atoms with van der Waals surface area (Å²) < 4.78 is 5.90. The van der Waals surface area contributed by atoms with Crippen molar-refractivity contribution in [2.24, 2.45) is 16.5 Å². The largest absolute Gasteiger partial charge is 0.487 e. The normalized spacial score (nSPS) is 12.0. The Morgan fingerprint density at radius 3 is 2.42 bits per heavy atom. The van der Waals surface area contributed by atoms with E-state index in [0.717, 1.165) is 27.6 Å². The van der Waals surface area contributed by atoms with Gasteiger partial charge in [0.25, 0.3) is 5.91 Å². The van der Waals surface area contributed by atoms with Crippen LogP contribution in [0.25, 0.3) is 22.2 Å². The molecule has 2 heterocycles. The van der Waals surface area contributed by atoms with Crippen LogP contribution in [0, 0.1) is 0 Å². The molecule has 2 aromatic heterocycles. The van der Waals surface area contributed by atoms with Crippen LogP contribution in [0.5, 0.6) is 5.75 Å². The van der Waals surface area contributed by atoms with Gasteiger partial charge in [-0.2, -0.15) is 0 Å². The molecule has 0 aliphatic heterocycles. The maximum absolute atomic E-state index is 11.9. The lowest BCUT2D eigenvalue weighted by Gasteiger charge is -2.12. The maximum Gasteiger partial charge on any atom is 0.250 e. The van der Waals surface area contributed by atoms with E-state index >= 15 is 0 Å². The average Bonchev–Trinajstić information content (AvgIpc) is 2.86. The van der Waals surface area contributed by atoms with Crippen LogP contribution < -0.4 is 16.2 Å². The number of ether oxygens (including phenoxy) is 1. The number of rotatable bonds is 7. The summed E-state index contributed by atoms with van der Waals surface area (Å²) in [5.74, 6) is 0.0768. The molecular formula is C26H23N5O2. The minimum atomic E-state index is -0.540. The number of benzene rings is 2. The Labute approximate surface area is 191 Å². The van der Waals surface area contributed by atoms with Crippen LogP contribution in [-0.2, 0) is 6.61 Å². The van der Waals surface area contributed by atoms with E-state index in [4.69, 9.17) is 16.2 Å². The zero-order valence-electron chi connectivity index (χ0n) is 18.1. The number of hydrogen-bond acceptors (Lipinski definition) is 6. The third-order valence-corrected chi connectivity index (χ3v) is 5.15. The van der Waals surface area contributed by atoms with Crippen molar-refractivity contribution in [3.05, 3.63) is 102 Å². The Bertz CT molecular complexity index is 1350. The van der Waals surface area contributed by atoms with Crippen molar-refractivity contribution in [3.63, 3.8) is 0 Å². The van der Waals surface area contributed by atoms with E-state index in [0.29, 0.717) is 22.7 Å². The predicted molar refractivity (Wildman–Crippen MR) is 131 cm³/mol. The lowest BCUT2D eigenvalue weighted by atomic mass is 10.0. The molecular weight excluding hydrogens is 414 g/mol. The molecule has 0 fully saturated rings. The second-order valence-electron chi connectivity index (χ2n) is 7.30. The minimum Gasteiger partial charge on any atom is -0.487 e. The number of primary amides is 1. The number of para-hydroxylation sites is 1. The summed E-state index contributed by atoms with van der Waals surface area (Å²) in [6.07, 6.45) is 5.15. The van der Waals surface area contributed by atoms with Gasteiger partial charge in [-0.25, -0.2) is 4.98 Å². The number of hydrogen-bond donors (Lipinski definition) is 2. The van der Waals surface area contributed by atoms with Crippen LogP contribution in [0.15, 0.2) is 84.1 Å². The second kappa shape index (κ2) is 9.74. The van der Waals surface area contributed by atoms with Crippen LogP contribution in [-0.4, -0.2) is 29.1 Å². The Hall–Kier alpha value is -4.52. The van der Waals surface area contributed by atoms with Crippen molar-refractivity contribution < 1.29 is 9.53 Å². The summed E-state index contributed by atoms with van der Waals surface area (Å²) in [5, 5.41) is 0.849. The first-order valence-corrected chi connectivity index (χ1v) is 10.3. The Balaban J connectivity index is 1.57. The van der Waals surface area contributed by atoms with E-state index in [9.17, 15) is 4.79 Å². The molecule has 33 heavy (non-hydrogen) atoms. The van der Waals surface area contributed by atoms with E-state index < -0.39 is 5.91 Å². The molecule has 0 aliphatic carbocycles. The van der Waals surface area contributed by atoms with Gasteiger partial charge in [0.15, 0.2) is 0 Å². The van der Waals surface area contributed by atoms with E-state index in [1.54, 1.807) is 31.7 Å². The van der Waals surface area contributed by atoms with Gasteiger partial charge in [-0.3, -0.25) is 14.8 Å². The van der Waals surface area contributed by atoms with E-state index in [1.165, 1.54) is 0 Å². The predicted octanol–water partition coefficient (Wildman–Crippen LogP) is 3.84. The molecule has 0 bridgehead atoms. The number of carbonyl (C=O) groups is 1. The molecule has 7 heteroatoms. The number of nitrogens with two attached hydrogens (primary N) is 2. The SMILES string of the molecule is CN=C/C(=C(\N)c1ccc(OCc2nc3ccccc3cc2C(N)=O)cc1)c1ccncc1. The summed E-state index contributed by atoms with van der Waals surface area (Å²) in [4.78, 5) is 24.7. The van der Waals surface area contributed by atoms with Crippen LogP contribution >= 0.6 is 0 Å². The zero-order chi connectivity index (χ0) is 23.2. The highest BCUT2D eigenvalue weighted by atomic mass is 16.5. The first kappa shape index (κ1) is 21.7. The van der Waals surface area contributed by atoms with Gasteiger partial charge < -0.3 is 16.2 Å². The highest BCUT2D eigenvalue weighted by Crippen LogP contribution is 2.24. The van der Waals surface area contributed by atoms with Crippen LogP contribution in [0.4, 0.5) is 0 Å². The molecule has 4 N–H and O–H groups in total. The fraction of sp³-hybridized carbons (Fsp3) is 0.0769. The van der Waals surface area contributed by atoms with Gasteiger partial charge >= 0.3 is 0 Å². The third-order valence-electron chi connectivity index (χ3n) is 5.15. The monoisotopic (exact) mass is 437 g/mol. The van der Waals surface area contributed by atoms with Gasteiger partial charge in [0, 0.05) is 42.3 Å². The molecule has 0 unspecified atom stereocenters. The molecule has 1 amide bonds. The van der Waals surface area contributed by atoms with Crippen molar-refractivity contribution in [3.8, 4) is 5.75 Å². The number of aliphatic imine (C=N–C) groups is 1. The number of pyridine rings is 2. The van der Waals surface area contributed by atoms with Crippen molar-refractivity contribution in [2.45, 2.75) is 6.61 Å². The Morgan fingerprint density at radius 1 is 1.00 bits per heavy atom. The van der Waals surface area contributed by atoms with E-state index in [-0.39, 0.29) is 6.61 Å². The molecule has 4 rings (SSSR count). The molecule has 0 spiro atoms. The van der Waals surface area contributed by atoms with Gasteiger partial charge in [-0.15, -0.1) is 0 Å². The van der Waals surface area contributed by atoms with Crippen molar-refractivity contribution in [1.82, 2.24) is 9.97 Å². The van der Waals surface area contributed by atoms with E-state index in [1.807, 2.05) is 60.7 Å². The van der Waals surface area contributed by atoms with Crippen LogP contribution in [0.2, 0.25) is 0 Å². The van der Waals surface area contributed by atoms with Crippen LogP contribution in [0.1, 0.15) is 27.2 Å². The molecule has 2 aromatic carbocycles. The molecule has 164 valence electrons. The second-order valence-corrected chi connectivity index (χ2v) is 7.30. The molecule has 0 aliphatic rings. The van der Waals surface area contributed by atoms with Crippen molar-refractivity contribution in [1.29, 1.82) is 0 Å². The number of allylic oxidation sites excluding steroid dienone is 1. The minimum absolute atomic E-state index is 0.110. The zero-order valence-corrected chi connectivity index (χ0v) is 18.1. The number of fused-ring (bicyclic) bond motifs is 1. The molecule has 0 saturated carbocycles. The summed E-state index contributed by atoms with van der Waals surface area (Å²) in [5.41, 5.74) is 16.8. The Kier molecular flexibility index (Phi) is 6.40.